The van der Waals surface area contributed by atoms with E-state index >= 15 is 0 Å². The maximum absolute atomic E-state index is 12.6. The molecular weight excluding hydrogens is 262 g/mol. The third-order valence-electron chi connectivity index (χ3n) is 3.75. The normalized spacial score (nSPS) is 24.4. The summed E-state index contributed by atoms with van der Waals surface area (Å²) >= 11 is 1.93. The Morgan fingerprint density at radius 2 is 2.42 bits per heavy atom. The summed E-state index contributed by atoms with van der Waals surface area (Å²) in [7, 11) is 0. The summed E-state index contributed by atoms with van der Waals surface area (Å²) < 4.78 is 5.41. The average molecular weight is 281 g/mol. The molecule has 1 aromatic rings. The van der Waals surface area contributed by atoms with E-state index in [1.807, 2.05) is 16.7 Å². The molecule has 2 fully saturated rings. The number of aromatic amines is 1. The van der Waals surface area contributed by atoms with Crippen molar-refractivity contribution in [2.75, 3.05) is 37.8 Å². The number of H-pyrrole nitrogens is 1. The van der Waals surface area contributed by atoms with Crippen molar-refractivity contribution < 1.29 is 9.53 Å². The molecule has 1 N–H and O–H groups in total. The number of aromatic nitrogens is 2. The highest BCUT2D eigenvalue weighted by atomic mass is 32.2. The summed E-state index contributed by atoms with van der Waals surface area (Å²) in [6.45, 7) is 3.17. The van der Waals surface area contributed by atoms with Gasteiger partial charge in [-0.05, 0) is 18.6 Å². The van der Waals surface area contributed by atoms with Crippen molar-refractivity contribution in [2.45, 2.75) is 18.8 Å². The number of rotatable bonds is 2. The van der Waals surface area contributed by atoms with Gasteiger partial charge in [0.05, 0.1) is 24.1 Å². The molecule has 3 heterocycles. The minimum absolute atomic E-state index is 0.123. The van der Waals surface area contributed by atoms with E-state index in [1.54, 1.807) is 6.20 Å². The average Bonchev–Trinajstić information content (AvgIpc) is 3.03. The van der Waals surface area contributed by atoms with Gasteiger partial charge in [-0.25, -0.2) is 0 Å². The van der Waals surface area contributed by atoms with Gasteiger partial charge in [0.25, 0.3) is 5.91 Å². The Balaban J connectivity index is 1.77. The fourth-order valence-electron chi connectivity index (χ4n) is 2.66. The van der Waals surface area contributed by atoms with Crippen LogP contribution in [0.1, 0.15) is 34.8 Å². The van der Waals surface area contributed by atoms with Gasteiger partial charge in [0, 0.05) is 31.4 Å². The first kappa shape index (κ1) is 13.0. The highest BCUT2D eigenvalue weighted by Crippen LogP contribution is 2.27. The van der Waals surface area contributed by atoms with Crippen LogP contribution >= 0.6 is 11.8 Å². The van der Waals surface area contributed by atoms with Crippen molar-refractivity contribution in [1.29, 1.82) is 0 Å². The highest BCUT2D eigenvalue weighted by molar-refractivity contribution is 7.99. The summed E-state index contributed by atoms with van der Waals surface area (Å²) in [6.07, 6.45) is 3.72. The molecule has 0 bridgehead atoms. The molecule has 0 radical (unpaired) electrons. The standard InChI is InChI=1S/C13H19N3O2S/c17-13(16-3-1-6-19-7-4-16)11-8-14-15-12(11)10-2-5-18-9-10/h8,10H,1-7,9H2,(H,14,15)/t10-/m1/s1. The first-order valence-electron chi connectivity index (χ1n) is 6.84. The van der Waals surface area contributed by atoms with E-state index in [9.17, 15) is 4.79 Å². The second-order valence-electron chi connectivity index (χ2n) is 5.02. The van der Waals surface area contributed by atoms with Gasteiger partial charge in [-0.3, -0.25) is 9.89 Å². The summed E-state index contributed by atoms with van der Waals surface area (Å²) in [6, 6.07) is 0. The number of nitrogens with one attached hydrogen (secondary N) is 1. The fraction of sp³-hybridized carbons (Fsp3) is 0.692. The Labute approximate surface area is 117 Å². The molecular formula is C13H19N3O2S. The number of hydrogen-bond donors (Lipinski definition) is 1. The maximum Gasteiger partial charge on any atom is 0.257 e. The first-order valence-corrected chi connectivity index (χ1v) is 8.00. The largest absolute Gasteiger partial charge is 0.381 e. The Hall–Kier alpha value is -1.01. The Morgan fingerprint density at radius 1 is 1.47 bits per heavy atom. The zero-order valence-electron chi connectivity index (χ0n) is 10.9. The molecule has 0 saturated carbocycles. The number of carbonyl (C=O) groups is 1. The van der Waals surface area contributed by atoms with Crippen LogP contribution in [0.4, 0.5) is 0 Å². The second kappa shape index (κ2) is 5.96. The number of thioether (sulfide) groups is 1. The number of carbonyl (C=O) groups excluding carboxylic acids is 1. The molecule has 5 nitrogen and oxygen atoms in total. The van der Waals surface area contributed by atoms with E-state index in [0.29, 0.717) is 12.5 Å². The molecule has 3 rings (SSSR count). The summed E-state index contributed by atoms with van der Waals surface area (Å²) in [5, 5.41) is 7.07. The lowest BCUT2D eigenvalue weighted by atomic mass is 10.0. The van der Waals surface area contributed by atoms with Gasteiger partial charge in [-0.2, -0.15) is 16.9 Å². The maximum atomic E-state index is 12.6. The third kappa shape index (κ3) is 2.79. The van der Waals surface area contributed by atoms with Gasteiger partial charge in [0.15, 0.2) is 0 Å². The Morgan fingerprint density at radius 3 is 3.26 bits per heavy atom. The molecule has 1 aromatic heterocycles. The molecule has 0 unspecified atom stereocenters. The van der Waals surface area contributed by atoms with E-state index in [4.69, 9.17) is 4.74 Å². The van der Waals surface area contributed by atoms with E-state index in [-0.39, 0.29) is 5.91 Å². The zero-order chi connectivity index (χ0) is 13.1. The number of nitrogens with zero attached hydrogens (tertiary/aromatic N) is 2. The van der Waals surface area contributed by atoms with Crippen molar-refractivity contribution in [3.8, 4) is 0 Å². The van der Waals surface area contributed by atoms with Crippen LogP contribution in [-0.2, 0) is 4.74 Å². The minimum atomic E-state index is 0.123. The van der Waals surface area contributed by atoms with Crippen molar-refractivity contribution in [3.05, 3.63) is 17.5 Å². The van der Waals surface area contributed by atoms with E-state index in [0.717, 1.165) is 55.3 Å². The first-order chi connectivity index (χ1) is 9.36. The lowest BCUT2D eigenvalue weighted by molar-refractivity contribution is 0.0767. The predicted molar refractivity (Wildman–Crippen MR) is 74.6 cm³/mol. The van der Waals surface area contributed by atoms with Gasteiger partial charge in [0.1, 0.15) is 0 Å². The van der Waals surface area contributed by atoms with Crippen LogP contribution in [0.2, 0.25) is 0 Å². The van der Waals surface area contributed by atoms with E-state index in [2.05, 4.69) is 10.2 Å². The zero-order valence-corrected chi connectivity index (χ0v) is 11.7. The van der Waals surface area contributed by atoms with E-state index in [1.165, 1.54) is 0 Å². The molecule has 1 atom stereocenters. The van der Waals surface area contributed by atoms with Gasteiger partial charge < -0.3 is 9.64 Å². The summed E-state index contributed by atoms with van der Waals surface area (Å²) in [5.41, 5.74) is 1.70. The van der Waals surface area contributed by atoms with E-state index < -0.39 is 0 Å². The topological polar surface area (TPSA) is 58.2 Å². The molecule has 0 spiro atoms. The van der Waals surface area contributed by atoms with Crippen molar-refractivity contribution in [2.24, 2.45) is 0 Å². The minimum Gasteiger partial charge on any atom is -0.381 e. The van der Waals surface area contributed by atoms with Gasteiger partial charge in [-0.1, -0.05) is 0 Å². The molecule has 0 aromatic carbocycles. The Kier molecular flexibility index (Phi) is 4.08. The van der Waals surface area contributed by atoms with Crippen molar-refractivity contribution in [1.82, 2.24) is 15.1 Å². The lowest BCUT2D eigenvalue weighted by Gasteiger charge is -2.20. The molecule has 19 heavy (non-hydrogen) atoms. The third-order valence-corrected chi connectivity index (χ3v) is 4.80. The Bertz CT molecular complexity index is 435. The van der Waals surface area contributed by atoms with Crippen LogP contribution in [0.5, 0.6) is 0 Å². The molecule has 104 valence electrons. The van der Waals surface area contributed by atoms with Crippen LogP contribution in [0.3, 0.4) is 0 Å². The fourth-order valence-corrected chi connectivity index (χ4v) is 3.55. The number of hydrogen-bond acceptors (Lipinski definition) is 4. The van der Waals surface area contributed by atoms with Crippen LogP contribution in [0.15, 0.2) is 6.20 Å². The quantitative estimate of drug-likeness (QED) is 0.892. The predicted octanol–water partition coefficient (Wildman–Crippen LogP) is 1.49. The van der Waals surface area contributed by atoms with Gasteiger partial charge in [0.2, 0.25) is 0 Å². The van der Waals surface area contributed by atoms with Crippen LogP contribution in [-0.4, -0.2) is 58.8 Å². The molecule has 0 aliphatic carbocycles. The van der Waals surface area contributed by atoms with Crippen molar-refractivity contribution in [3.63, 3.8) is 0 Å². The molecule has 2 saturated heterocycles. The molecule has 2 aliphatic rings. The summed E-state index contributed by atoms with van der Waals surface area (Å²) in [4.78, 5) is 14.6. The lowest BCUT2D eigenvalue weighted by Crippen LogP contribution is -2.33. The number of ether oxygens (including phenoxy) is 1. The van der Waals surface area contributed by atoms with Crippen molar-refractivity contribution >= 4 is 17.7 Å². The monoisotopic (exact) mass is 281 g/mol. The molecule has 2 aliphatic heterocycles. The smallest absolute Gasteiger partial charge is 0.257 e. The van der Waals surface area contributed by atoms with Gasteiger partial charge in [-0.15, -0.1) is 0 Å². The molecule has 1 amide bonds. The second-order valence-corrected chi connectivity index (χ2v) is 6.24. The van der Waals surface area contributed by atoms with Crippen LogP contribution < -0.4 is 0 Å². The van der Waals surface area contributed by atoms with Crippen LogP contribution in [0, 0.1) is 0 Å². The van der Waals surface area contributed by atoms with Crippen LogP contribution in [0.25, 0.3) is 0 Å². The SMILES string of the molecule is O=C(c1cn[nH]c1[C@@H]1CCOC1)N1CCCSCC1. The summed E-state index contributed by atoms with van der Waals surface area (Å²) in [5.74, 6) is 2.60. The molecule has 6 heteroatoms. The number of amides is 1. The highest BCUT2D eigenvalue weighted by Gasteiger charge is 2.27. The van der Waals surface area contributed by atoms with Gasteiger partial charge >= 0.3 is 0 Å².